The van der Waals surface area contributed by atoms with Gasteiger partial charge in [0.05, 0.1) is 0 Å². The molecule has 0 fully saturated rings. The summed E-state index contributed by atoms with van der Waals surface area (Å²) in [5.74, 6) is 0. The Labute approximate surface area is 76.9 Å². The minimum Gasteiger partial charge on any atom is -0.331 e. The fourth-order valence-electron chi connectivity index (χ4n) is 0.956. The highest BCUT2D eigenvalue weighted by molar-refractivity contribution is 7.05. The minimum absolute atomic E-state index is 0.471. The second-order valence-electron chi connectivity index (χ2n) is 4.21. The van der Waals surface area contributed by atoms with Gasteiger partial charge in [-0.2, -0.15) is 11.1 Å². The third-order valence-corrected chi connectivity index (χ3v) is 4.55. The van der Waals surface area contributed by atoms with Crippen LogP contribution in [-0.4, -0.2) is 15.3 Å². The molecule has 0 aromatic carbocycles. The van der Waals surface area contributed by atoms with E-state index in [9.17, 15) is 0 Å². The number of rotatable bonds is 4. The zero-order valence-electron chi connectivity index (χ0n) is 8.08. The molecular formula is C8H20ClNSi. The third-order valence-electron chi connectivity index (χ3n) is 1.70. The number of halogens is 1. The molecular weight excluding hydrogens is 174 g/mol. The Morgan fingerprint density at radius 2 is 1.91 bits per heavy atom. The van der Waals surface area contributed by atoms with Gasteiger partial charge in [-0.3, -0.25) is 0 Å². The molecule has 0 aliphatic carbocycles. The molecule has 1 N–H and O–H groups in total. The highest BCUT2D eigenvalue weighted by Gasteiger charge is 2.11. The van der Waals surface area contributed by atoms with E-state index in [0.29, 0.717) is 5.41 Å². The van der Waals surface area contributed by atoms with Crippen LogP contribution in [-0.2, 0) is 0 Å². The summed E-state index contributed by atoms with van der Waals surface area (Å²) in [6.07, 6.45) is 2.55. The van der Waals surface area contributed by atoms with Gasteiger partial charge in [0, 0.05) is 0 Å². The molecule has 3 heteroatoms. The molecule has 0 rings (SSSR count). The predicted molar refractivity (Wildman–Crippen MR) is 55.6 cm³/mol. The summed E-state index contributed by atoms with van der Waals surface area (Å²) in [5.41, 5.74) is 0.471. The molecule has 0 aliphatic rings. The van der Waals surface area contributed by atoms with Gasteiger partial charge in [-0.15, -0.1) is 0 Å². The van der Waals surface area contributed by atoms with Gasteiger partial charge in [-0.1, -0.05) is 27.2 Å². The first-order valence-corrected chi connectivity index (χ1v) is 7.41. The lowest BCUT2D eigenvalue weighted by atomic mass is 9.91. The van der Waals surface area contributed by atoms with Gasteiger partial charge in [0.2, 0.25) is 8.27 Å². The highest BCUT2D eigenvalue weighted by Crippen LogP contribution is 2.22. The van der Waals surface area contributed by atoms with E-state index in [0.717, 1.165) is 0 Å². The lowest BCUT2D eigenvalue weighted by Crippen LogP contribution is -2.23. The molecule has 0 heterocycles. The van der Waals surface area contributed by atoms with Gasteiger partial charge in [-0.25, -0.2) is 0 Å². The van der Waals surface area contributed by atoms with Gasteiger partial charge in [0.25, 0.3) is 0 Å². The molecule has 0 aromatic heterocycles. The van der Waals surface area contributed by atoms with Crippen molar-refractivity contribution in [1.29, 1.82) is 0 Å². The number of hydrogen-bond donors (Lipinski definition) is 1. The van der Waals surface area contributed by atoms with Crippen LogP contribution in [0.25, 0.3) is 0 Å². The van der Waals surface area contributed by atoms with Gasteiger partial charge in [0.15, 0.2) is 0 Å². The fourth-order valence-corrected chi connectivity index (χ4v) is 2.27. The van der Waals surface area contributed by atoms with Crippen molar-refractivity contribution >= 4 is 19.3 Å². The maximum atomic E-state index is 6.02. The standard InChI is InChI=1S/C8H20ClNSi/c1-8(2,3)6-5-7-11(9)10-4/h10-11H,5-7H2,1-4H3. The summed E-state index contributed by atoms with van der Waals surface area (Å²) in [6, 6.07) is 1.20. The third kappa shape index (κ3) is 8.37. The number of hydrogen-bond acceptors (Lipinski definition) is 1. The van der Waals surface area contributed by atoms with Crippen molar-refractivity contribution in [1.82, 2.24) is 4.98 Å². The van der Waals surface area contributed by atoms with Crippen LogP contribution in [0.15, 0.2) is 0 Å². The minimum atomic E-state index is -1.05. The first kappa shape index (κ1) is 11.5. The van der Waals surface area contributed by atoms with E-state index >= 15 is 0 Å². The summed E-state index contributed by atoms with van der Waals surface area (Å²) in [6.45, 7) is 6.82. The zero-order valence-corrected chi connectivity index (χ0v) is 9.99. The zero-order chi connectivity index (χ0) is 8.91. The molecule has 1 unspecified atom stereocenters. The van der Waals surface area contributed by atoms with Crippen LogP contribution >= 0.6 is 11.1 Å². The van der Waals surface area contributed by atoms with E-state index in [1.54, 1.807) is 0 Å². The lowest BCUT2D eigenvalue weighted by Gasteiger charge is -2.18. The van der Waals surface area contributed by atoms with Gasteiger partial charge < -0.3 is 4.98 Å². The van der Waals surface area contributed by atoms with Crippen molar-refractivity contribution in [2.75, 3.05) is 7.05 Å². The molecule has 68 valence electrons. The molecule has 0 aliphatic heterocycles. The van der Waals surface area contributed by atoms with Gasteiger partial charge in [-0.05, 0) is 24.9 Å². The Kier molecular flexibility index (Phi) is 5.39. The Morgan fingerprint density at radius 3 is 2.27 bits per heavy atom. The van der Waals surface area contributed by atoms with Crippen molar-refractivity contribution < 1.29 is 0 Å². The maximum absolute atomic E-state index is 6.02. The van der Waals surface area contributed by atoms with Gasteiger partial charge >= 0.3 is 0 Å². The van der Waals surface area contributed by atoms with Crippen LogP contribution in [0.3, 0.4) is 0 Å². The van der Waals surface area contributed by atoms with Crippen molar-refractivity contribution in [3.63, 3.8) is 0 Å². The quantitative estimate of drug-likeness (QED) is 0.535. The molecule has 11 heavy (non-hydrogen) atoms. The molecule has 0 spiro atoms. The molecule has 0 saturated carbocycles. The average Bonchev–Trinajstić information content (AvgIpc) is 1.85. The number of nitrogens with one attached hydrogen (secondary N) is 1. The van der Waals surface area contributed by atoms with E-state index < -0.39 is 8.27 Å². The van der Waals surface area contributed by atoms with Crippen molar-refractivity contribution in [2.45, 2.75) is 39.7 Å². The van der Waals surface area contributed by atoms with Crippen LogP contribution in [0.1, 0.15) is 33.6 Å². The summed E-state index contributed by atoms with van der Waals surface area (Å²) < 4.78 is 0. The van der Waals surface area contributed by atoms with Crippen LogP contribution in [0, 0.1) is 5.41 Å². The van der Waals surface area contributed by atoms with Crippen LogP contribution in [0.2, 0.25) is 6.04 Å². The summed E-state index contributed by atoms with van der Waals surface area (Å²) in [4.78, 5) is 3.16. The topological polar surface area (TPSA) is 12.0 Å². The van der Waals surface area contributed by atoms with Crippen molar-refractivity contribution in [3.8, 4) is 0 Å². The Morgan fingerprint density at radius 1 is 1.36 bits per heavy atom. The fraction of sp³-hybridized carbons (Fsp3) is 1.00. The average molecular weight is 194 g/mol. The van der Waals surface area contributed by atoms with Crippen LogP contribution in [0.4, 0.5) is 0 Å². The Hall–Kier alpha value is 0.467. The largest absolute Gasteiger partial charge is 0.331 e. The first-order valence-electron chi connectivity index (χ1n) is 4.27. The van der Waals surface area contributed by atoms with E-state index in [1.807, 2.05) is 7.05 Å². The van der Waals surface area contributed by atoms with Crippen LogP contribution in [0.5, 0.6) is 0 Å². The Balaban J connectivity index is 3.28. The van der Waals surface area contributed by atoms with E-state index in [2.05, 4.69) is 25.8 Å². The highest BCUT2D eigenvalue weighted by atomic mass is 35.6. The summed E-state index contributed by atoms with van der Waals surface area (Å²) >= 11 is 6.02. The summed E-state index contributed by atoms with van der Waals surface area (Å²) in [7, 11) is 0.911. The smallest absolute Gasteiger partial charge is 0.210 e. The SMILES string of the molecule is CN[SiH](Cl)CCCC(C)(C)C. The lowest BCUT2D eigenvalue weighted by molar-refractivity contribution is 0.373. The van der Waals surface area contributed by atoms with Crippen molar-refractivity contribution in [3.05, 3.63) is 0 Å². The molecule has 0 aromatic rings. The molecule has 1 nitrogen and oxygen atoms in total. The van der Waals surface area contributed by atoms with Crippen LogP contribution < -0.4 is 4.98 Å². The van der Waals surface area contributed by atoms with Gasteiger partial charge in [0.1, 0.15) is 0 Å². The second kappa shape index (κ2) is 5.17. The molecule has 1 atom stereocenters. The monoisotopic (exact) mass is 193 g/mol. The molecule has 0 amide bonds. The summed E-state index contributed by atoms with van der Waals surface area (Å²) in [5, 5.41) is 0. The maximum Gasteiger partial charge on any atom is 0.210 e. The predicted octanol–water partition coefficient (Wildman–Crippen LogP) is 2.49. The Bertz CT molecular complexity index is 101. The second-order valence-corrected chi connectivity index (χ2v) is 7.88. The first-order chi connectivity index (χ1) is 4.95. The normalized spacial score (nSPS) is 15.0. The molecule has 0 saturated heterocycles. The van der Waals surface area contributed by atoms with E-state index in [-0.39, 0.29) is 0 Å². The van der Waals surface area contributed by atoms with E-state index in [1.165, 1.54) is 18.9 Å². The molecule has 0 radical (unpaired) electrons. The van der Waals surface area contributed by atoms with E-state index in [4.69, 9.17) is 11.1 Å². The van der Waals surface area contributed by atoms with Crippen molar-refractivity contribution in [2.24, 2.45) is 5.41 Å². The molecule has 0 bridgehead atoms.